The first-order valence-corrected chi connectivity index (χ1v) is 6.47. The van der Waals surface area contributed by atoms with E-state index in [0.717, 1.165) is 11.1 Å². The molecule has 0 unspecified atom stereocenters. The molecule has 0 aliphatic rings. The SMILES string of the molecule is Nc1ccc(Cl)cc1Cn1nnc(-c2ccccc2)n1. The summed E-state index contributed by atoms with van der Waals surface area (Å²) in [4.78, 5) is 1.50. The lowest BCUT2D eigenvalue weighted by Crippen LogP contribution is -2.06. The van der Waals surface area contributed by atoms with Crippen molar-refractivity contribution < 1.29 is 0 Å². The average molecular weight is 286 g/mol. The third-order valence-corrected chi connectivity index (χ3v) is 3.14. The number of tetrazole rings is 1. The van der Waals surface area contributed by atoms with E-state index in [2.05, 4.69) is 15.4 Å². The molecular weight excluding hydrogens is 274 g/mol. The summed E-state index contributed by atoms with van der Waals surface area (Å²) in [5, 5.41) is 13.1. The first-order chi connectivity index (χ1) is 9.72. The fraction of sp³-hybridized carbons (Fsp3) is 0.0714. The standard InChI is InChI=1S/C14H12ClN5/c15-12-6-7-13(16)11(8-12)9-20-18-14(17-19-20)10-4-2-1-3-5-10/h1-8H,9,16H2. The number of rotatable bonds is 3. The van der Waals surface area contributed by atoms with Crippen LogP contribution in [-0.4, -0.2) is 20.2 Å². The van der Waals surface area contributed by atoms with Crippen LogP contribution in [0.25, 0.3) is 11.4 Å². The summed E-state index contributed by atoms with van der Waals surface area (Å²) >= 11 is 5.96. The Morgan fingerprint density at radius 1 is 1.10 bits per heavy atom. The average Bonchev–Trinajstić information content (AvgIpc) is 2.92. The highest BCUT2D eigenvalue weighted by atomic mass is 35.5. The van der Waals surface area contributed by atoms with Gasteiger partial charge in [-0.2, -0.15) is 4.80 Å². The molecule has 0 radical (unpaired) electrons. The molecule has 20 heavy (non-hydrogen) atoms. The van der Waals surface area contributed by atoms with Crippen molar-refractivity contribution in [1.82, 2.24) is 20.2 Å². The molecule has 6 heteroatoms. The van der Waals surface area contributed by atoms with E-state index in [1.54, 1.807) is 12.1 Å². The van der Waals surface area contributed by atoms with Crippen molar-refractivity contribution in [2.45, 2.75) is 6.54 Å². The molecule has 0 aliphatic carbocycles. The lowest BCUT2D eigenvalue weighted by atomic mass is 10.2. The van der Waals surface area contributed by atoms with E-state index in [9.17, 15) is 0 Å². The Morgan fingerprint density at radius 2 is 1.90 bits per heavy atom. The zero-order chi connectivity index (χ0) is 13.9. The topological polar surface area (TPSA) is 69.6 Å². The summed E-state index contributed by atoms with van der Waals surface area (Å²) in [6.45, 7) is 0.437. The summed E-state index contributed by atoms with van der Waals surface area (Å²) in [5.74, 6) is 0.589. The lowest BCUT2D eigenvalue weighted by molar-refractivity contribution is 0.573. The number of hydrogen-bond acceptors (Lipinski definition) is 4. The Hall–Kier alpha value is -2.40. The van der Waals surface area contributed by atoms with Crippen molar-refractivity contribution in [3.63, 3.8) is 0 Å². The maximum absolute atomic E-state index is 5.96. The minimum atomic E-state index is 0.437. The van der Waals surface area contributed by atoms with Gasteiger partial charge in [0.2, 0.25) is 5.82 Å². The quantitative estimate of drug-likeness (QED) is 0.751. The number of anilines is 1. The zero-order valence-corrected chi connectivity index (χ0v) is 11.3. The number of nitrogen functional groups attached to an aromatic ring is 1. The van der Waals surface area contributed by atoms with E-state index in [4.69, 9.17) is 17.3 Å². The summed E-state index contributed by atoms with van der Waals surface area (Å²) in [5.41, 5.74) is 8.37. The van der Waals surface area contributed by atoms with Gasteiger partial charge in [0.1, 0.15) is 0 Å². The van der Waals surface area contributed by atoms with Gasteiger partial charge in [-0.3, -0.25) is 0 Å². The maximum atomic E-state index is 5.96. The van der Waals surface area contributed by atoms with Gasteiger partial charge in [0.15, 0.2) is 0 Å². The number of hydrogen-bond donors (Lipinski definition) is 1. The van der Waals surface area contributed by atoms with E-state index in [1.165, 1.54) is 4.80 Å². The van der Waals surface area contributed by atoms with Crippen LogP contribution < -0.4 is 5.73 Å². The van der Waals surface area contributed by atoms with Gasteiger partial charge in [-0.05, 0) is 29.0 Å². The van der Waals surface area contributed by atoms with Crippen LogP contribution in [0.2, 0.25) is 5.02 Å². The second-order valence-corrected chi connectivity index (χ2v) is 4.79. The molecule has 100 valence electrons. The summed E-state index contributed by atoms with van der Waals surface area (Å²) in [7, 11) is 0. The molecule has 5 nitrogen and oxygen atoms in total. The van der Waals surface area contributed by atoms with Crippen LogP contribution in [-0.2, 0) is 6.54 Å². The van der Waals surface area contributed by atoms with Gasteiger partial charge in [0, 0.05) is 16.3 Å². The van der Waals surface area contributed by atoms with Crippen LogP contribution in [0.4, 0.5) is 5.69 Å². The molecule has 2 aromatic carbocycles. The van der Waals surface area contributed by atoms with Crippen molar-refractivity contribution in [1.29, 1.82) is 0 Å². The smallest absolute Gasteiger partial charge is 0.204 e. The van der Waals surface area contributed by atoms with Crippen LogP contribution in [0.5, 0.6) is 0 Å². The molecule has 0 saturated heterocycles. The molecule has 0 amide bonds. The van der Waals surface area contributed by atoms with Crippen molar-refractivity contribution in [3.05, 3.63) is 59.1 Å². The van der Waals surface area contributed by atoms with Crippen LogP contribution in [0.3, 0.4) is 0 Å². The first kappa shape index (κ1) is 12.6. The third-order valence-electron chi connectivity index (χ3n) is 2.90. The maximum Gasteiger partial charge on any atom is 0.204 e. The molecule has 0 atom stereocenters. The fourth-order valence-corrected chi connectivity index (χ4v) is 2.07. The predicted octanol–water partition coefficient (Wildman–Crippen LogP) is 2.62. The molecule has 0 fully saturated rings. The van der Waals surface area contributed by atoms with Crippen LogP contribution in [0.15, 0.2) is 48.5 Å². The number of nitrogens with two attached hydrogens (primary N) is 1. The van der Waals surface area contributed by atoms with Crippen LogP contribution >= 0.6 is 11.6 Å². The van der Waals surface area contributed by atoms with Crippen molar-refractivity contribution >= 4 is 17.3 Å². The molecule has 2 N–H and O–H groups in total. The fourth-order valence-electron chi connectivity index (χ4n) is 1.88. The molecule has 1 aromatic heterocycles. The Bertz CT molecular complexity index is 723. The van der Waals surface area contributed by atoms with E-state index in [-0.39, 0.29) is 0 Å². The molecule has 0 spiro atoms. The molecule has 3 aromatic rings. The van der Waals surface area contributed by atoms with Gasteiger partial charge < -0.3 is 5.73 Å². The normalized spacial score (nSPS) is 10.7. The third kappa shape index (κ3) is 2.62. The summed E-state index contributed by atoms with van der Waals surface area (Å²) in [6.07, 6.45) is 0. The van der Waals surface area contributed by atoms with E-state index in [1.807, 2.05) is 36.4 Å². The molecule has 0 aliphatic heterocycles. The highest BCUT2D eigenvalue weighted by Gasteiger charge is 2.07. The van der Waals surface area contributed by atoms with E-state index in [0.29, 0.717) is 23.1 Å². The van der Waals surface area contributed by atoms with Gasteiger partial charge in [0.05, 0.1) is 6.54 Å². The van der Waals surface area contributed by atoms with Crippen molar-refractivity contribution in [3.8, 4) is 11.4 Å². The van der Waals surface area contributed by atoms with Crippen LogP contribution in [0.1, 0.15) is 5.56 Å². The minimum Gasteiger partial charge on any atom is -0.398 e. The molecule has 3 rings (SSSR count). The second-order valence-electron chi connectivity index (χ2n) is 4.35. The van der Waals surface area contributed by atoms with Gasteiger partial charge in [-0.1, -0.05) is 41.9 Å². The van der Waals surface area contributed by atoms with Gasteiger partial charge in [-0.15, -0.1) is 10.2 Å². The van der Waals surface area contributed by atoms with Crippen molar-refractivity contribution in [2.75, 3.05) is 5.73 Å². The van der Waals surface area contributed by atoms with Crippen molar-refractivity contribution in [2.24, 2.45) is 0 Å². The Morgan fingerprint density at radius 3 is 2.70 bits per heavy atom. The Labute approximate surface area is 121 Å². The number of halogens is 1. The number of benzene rings is 2. The van der Waals surface area contributed by atoms with Crippen LogP contribution in [0, 0.1) is 0 Å². The summed E-state index contributed by atoms with van der Waals surface area (Å²) in [6, 6.07) is 15.0. The Kier molecular flexibility index (Phi) is 3.35. The first-order valence-electron chi connectivity index (χ1n) is 6.09. The number of nitrogens with zero attached hydrogens (tertiary/aromatic N) is 4. The molecule has 1 heterocycles. The Balaban J connectivity index is 1.86. The highest BCUT2D eigenvalue weighted by molar-refractivity contribution is 6.30. The number of aromatic nitrogens is 4. The molecule has 0 bridgehead atoms. The molecule has 0 saturated carbocycles. The zero-order valence-electron chi connectivity index (χ0n) is 10.6. The van der Waals surface area contributed by atoms with Gasteiger partial charge >= 0.3 is 0 Å². The molecular formula is C14H12ClN5. The van der Waals surface area contributed by atoms with Gasteiger partial charge in [-0.25, -0.2) is 0 Å². The van der Waals surface area contributed by atoms with E-state index >= 15 is 0 Å². The van der Waals surface area contributed by atoms with E-state index < -0.39 is 0 Å². The highest BCUT2D eigenvalue weighted by Crippen LogP contribution is 2.19. The second kappa shape index (κ2) is 5.30. The monoisotopic (exact) mass is 285 g/mol. The largest absolute Gasteiger partial charge is 0.398 e. The minimum absolute atomic E-state index is 0.437. The van der Waals surface area contributed by atoms with Gasteiger partial charge in [0.25, 0.3) is 0 Å². The predicted molar refractivity (Wildman–Crippen MR) is 78.2 cm³/mol. The lowest BCUT2D eigenvalue weighted by Gasteiger charge is -2.04. The summed E-state index contributed by atoms with van der Waals surface area (Å²) < 4.78 is 0.